The third kappa shape index (κ3) is 1.90. The number of pyridine rings is 1. The summed E-state index contributed by atoms with van der Waals surface area (Å²) in [6, 6.07) is 3.95. The lowest BCUT2D eigenvalue weighted by atomic mass is 9.99. The number of carbonyl (C=O) groups excluding carboxylic acids is 1. The molecule has 1 aliphatic heterocycles. The van der Waals surface area contributed by atoms with Crippen LogP contribution in [0.4, 0.5) is 0 Å². The molecule has 2 N–H and O–H groups in total. The van der Waals surface area contributed by atoms with Crippen molar-refractivity contribution in [3.8, 4) is 0 Å². The predicted molar refractivity (Wildman–Crippen MR) is 52.2 cm³/mol. The molecule has 0 saturated carbocycles. The number of primary amides is 1. The van der Waals surface area contributed by atoms with Crippen LogP contribution in [0, 0.1) is 5.92 Å². The van der Waals surface area contributed by atoms with Crippen LogP contribution in [0.3, 0.4) is 0 Å². The Hall–Kier alpha value is -1.42. The van der Waals surface area contributed by atoms with Gasteiger partial charge in [-0.05, 0) is 11.6 Å². The van der Waals surface area contributed by atoms with Gasteiger partial charge < -0.3 is 5.73 Å². The summed E-state index contributed by atoms with van der Waals surface area (Å²) in [6.45, 7) is 2.42. The summed E-state index contributed by atoms with van der Waals surface area (Å²) in [5.41, 5.74) is 6.35. The monoisotopic (exact) mass is 191 g/mol. The first kappa shape index (κ1) is 9.15. The lowest BCUT2D eigenvalue weighted by molar-refractivity contribution is -0.127. The van der Waals surface area contributed by atoms with E-state index in [1.165, 1.54) is 5.56 Å². The molecule has 1 aromatic heterocycles. The van der Waals surface area contributed by atoms with E-state index in [9.17, 15) is 4.79 Å². The van der Waals surface area contributed by atoms with Gasteiger partial charge in [-0.3, -0.25) is 14.7 Å². The summed E-state index contributed by atoms with van der Waals surface area (Å²) < 4.78 is 0. The molecule has 0 aromatic carbocycles. The smallest absolute Gasteiger partial charge is 0.223 e. The molecule has 1 fully saturated rings. The number of carbonyl (C=O) groups is 1. The largest absolute Gasteiger partial charge is 0.369 e. The molecule has 0 aliphatic carbocycles. The lowest BCUT2D eigenvalue weighted by Crippen LogP contribution is -2.51. The molecule has 0 radical (unpaired) electrons. The first-order chi connectivity index (χ1) is 6.75. The highest BCUT2D eigenvalue weighted by Gasteiger charge is 2.30. The highest BCUT2D eigenvalue weighted by atomic mass is 16.1. The highest BCUT2D eigenvalue weighted by Crippen LogP contribution is 2.17. The van der Waals surface area contributed by atoms with E-state index >= 15 is 0 Å². The van der Waals surface area contributed by atoms with Crippen LogP contribution in [0.2, 0.25) is 0 Å². The van der Waals surface area contributed by atoms with Crippen LogP contribution in [0.1, 0.15) is 5.56 Å². The average Bonchev–Trinajstić information content (AvgIpc) is 2.12. The molecule has 1 aromatic rings. The molecule has 2 rings (SSSR count). The molecule has 4 heteroatoms. The lowest BCUT2D eigenvalue weighted by Gasteiger charge is -2.37. The van der Waals surface area contributed by atoms with Crippen molar-refractivity contribution in [1.29, 1.82) is 0 Å². The molecule has 0 bridgehead atoms. The van der Waals surface area contributed by atoms with Crippen molar-refractivity contribution in [2.45, 2.75) is 6.54 Å². The molecule has 1 amide bonds. The number of nitrogens with two attached hydrogens (primary N) is 1. The van der Waals surface area contributed by atoms with Crippen LogP contribution < -0.4 is 5.73 Å². The van der Waals surface area contributed by atoms with E-state index in [1.54, 1.807) is 6.20 Å². The summed E-state index contributed by atoms with van der Waals surface area (Å²) in [5.74, 6) is -0.140. The Morgan fingerprint density at radius 2 is 2.43 bits per heavy atom. The number of hydrogen-bond donors (Lipinski definition) is 1. The maximum atomic E-state index is 10.8. The summed E-state index contributed by atoms with van der Waals surface area (Å²) in [4.78, 5) is 17.0. The Morgan fingerprint density at radius 1 is 1.64 bits per heavy atom. The topological polar surface area (TPSA) is 59.2 Å². The van der Waals surface area contributed by atoms with Gasteiger partial charge in [0.2, 0.25) is 5.91 Å². The Kier molecular flexibility index (Phi) is 2.45. The average molecular weight is 191 g/mol. The van der Waals surface area contributed by atoms with Crippen molar-refractivity contribution in [2.75, 3.05) is 13.1 Å². The zero-order valence-corrected chi connectivity index (χ0v) is 7.89. The molecule has 14 heavy (non-hydrogen) atoms. The van der Waals surface area contributed by atoms with E-state index in [4.69, 9.17) is 5.73 Å². The summed E-state index contributed by atoms with van der Waals surface area (Å²) >= 11 is 0. The van der Waals surface area contributed by atoms with Gasteiger partial charge in [-0.25, -0.2) is 0 Å². The SMILES string of the molecule is NC(=O)C1CN(Cc2cccnc2)C1. The van der Waals surface area contributed by atoms with Crippen molar-refractivity contribution < 1.29 is 4.79 Å². The Labute approximate surface area is 82.7 Å². The van der Waals surface area contributed by atoms with Crippen molar-refractivity contribution in [2.24, 2.45) is 11.7 Å². The van der Waals surface area contributed by atoms with Gasteiger partial charge in [0.1, 0.15) is 0 Å². The second-order valence-electron chi connectivity index (χ2n) is 3.65. The van der Waals surface area contributed by atoms with Crippen molar-refractivity contribution in [3.05, 3.63) is 30.1 Å². The summed E-state index contributed by atoms with van der Waals surface area (Å²) in [7, 11) is 0. The van der Waals surface area contributed by atoms with Gasteiger partial charge in [-0.1, -0.05) is 6.07 Å². The molecule has 0 spiro atoms. The fraction of sp³-hybridized carbons (Fsp3) is 0.400. The number of amides is 1. The highest BCUT2D eigenvalue weighted by molar-refractivity contribution is 5.78. The molecular formula is C10H13N3O. The van der Waals surface area contributed by atoms with Crippen LogP contribution in [-0.4, -0.2) is 28.9 Å². The van der Waals surface area contributed by atoms with Crippen molar-refractivity contribution in [1.82, 2.24) is 9.88 Å². The number of likely N-dealkylation sites (tertiary alicyclic amines) is 1. The quantitative estimate of drug-likeness (QED) is 0.731. The molecular weight excluding hydrogens is 178 g/mol. The third-order valence-electron chi connectivity index (χ3n) is 2.49. The maximum Gasteiger partial charge on any atom is 0.223 e. The van der Waals surface area contributed by atoms with Gasteiger partial charge in [0.05, 0.1) is 5.92 Å². The van der Waals surface area contributed by atoms with Crippen molar-refractivity contribution in [3.63, 3.8) is 0 Å². The first-order valence-corrected chi connectivity index (χ1v) is 4.66. The van der Waals surface area contributed by atoms with E-state index in [-0.39, 0.29) is 11.8 Å². The summed E-state index contributed by atoms with van der Waals surface area (Å²) in [5, 5.41) is 0. The van der Waals surface area contributed by atoms with Gasteiger partial charge in [0, 0.05) is 32.0 Å². The van der Waals surface area contributed by atoms with Crippen LogP contribution >= 0.6 is 0 Å². The Bertz CT molecular complexity index is 319. The zero-order chi connectivity index (χ0) is 9.97. The van der Waals surface area contributed by atoms with Gasteiger partial charge in [0.25, 0.3) is 0 Å². The van der Waals surface area contributed by atoms with Crippen molar-refractivity contribution >= 4 is 5.91 Å². The maximum absolute atomic E-state index is 10.8. The van der Waals surface area contributed by atoms with Gasteiger partial charge in [0.15, 0.2) is 0 Å². The standard InChI is InChI=1S/C10H13N3O/c11-10(14)9-6-13(7-9)5-8-2-1-3-12-4-8/h1-4,9H,5-7H2,(H2,11,14). The van der Waals surface area contributed by atoms with E-state index < -0.39 is 0 Å². The normalized spacial score (nSPS) is 17.7. The van der Waals surface area contributed by atoms with Gasteiger partial charge in [-0.2, -0.15) is 0 Å². The third-order valence-corrected chi connectivity index (χ3v) is 2.49. The summed E-state index contributed by atoms with van der Waals surface area (Å²) in [6.07, 6.45) is 3.60. The van der Waals surface area contributed by atoms with Crippen LogP contribution in [0.15, 0.2) is 24.5 Å². The number of aromatic nitrogens is 1. The van der Waals surface area contributed by atoms with Crippen LogP contribution in [0.5, 0.6) is 0 Å². The van der Waals surface area contributed by atoms with E-state index in [0.29, 0.717) is 0 Å². The second-order valence-corrected chi connectivity index (χ2v) is 3.65. The second kappa shape index (κ2) is 3.75. The fourth-order valence-electron chi connectivity index (χ4n) is 1.63. The van der Waals surface area contributed by atoms with E-state index in [0.717, 1.165) is 19.6 Å². The van der Waals surface area contributed by atoms with Crippen LogP contribution in [-0.2, 0) is 11.3 Å². The predicted octanol–water partition coefficient (Wildman–Crippen LogP) is -0.00130. The zero-order valence-electron chi connectivity index (χ0n) is 7.89. The molecule has 0 atom stereocenters. The molecule has 1 saturated heterocycles. The van der Waals surface area contributed by atoms with E-state index in [1.807, 2.05) is 18.3 Å². The van der Waals surface area contributed by atoms with Gasteiger partial charge >= 0.3 is 0 Å². The van der Waals surface area contributed by atoms with Gasteiger partial charge in [-0.15, -0.1) is 0 Å². The first-order valence-electron chi connectivity index (χ1n) is 4.66. The van der Waals surface area contributed by atoms with E-state index in [2.05, 4.69) is 9.88 Å². The number of rotatable bonds is 3. The number of nitrogens with zero attached hydrogens (tertiary/aromatic N) is 2. The minimum atomic E-state index is -0.188. The van der Waals surface area contributed by atoms with Crippen LogP contribution in [0.25, 0.3) is 0 Å². The molecule has 74 valence electrons. The molecule has 0 unspecified atom stereocenters. The Morgan fingerprint density at radius 3 is 3.00 bits per heavy atom. The molecule has 2 heterocycles. The molecule has 1 aliphatic rings. The Balaban J connectivity index is 1.82. The minimum Gasteiger partial charge on any atom is -0.369 e. The molecule has 4 nitrogen and oxygen atoms in total. The number of hydrogen-bond acceptors (Lipinski definition) is 3. The minimum absolute atomic E-state index is 0.0478. The fourth-order valence-corrected chi connectivity index (χ4v) is 1.63.